The van der Waals surface area contributed by atoms with Crippen LogP contribution in [0.15, 0.2) is 27.4 Å². The Morgan fingerprint density at radius 1 is 1.28 bits per heavy atom. The fourth-order valence-corrected chi connectivity index (χ4v) is 5.55. The smallest absolute Gasteiger partial charge is 0.336 e. The molecule has 2 bridgehead atoms. The van der Waals surface area contributed by atoms with E-state index in [0.717, 1.165) is 23.1 Å². The van der Waals surface area contributed by atoms with Gasteiger partial charge >= 0.3 is 5.63 Å². The molecule has 134 valence electrons. The summed E-state index contributed by atoms with van der Waals surface area (Å²) in [5.74, 6) is 0.215. The molecule has 4 heteroatoms. The van der Waals surface area contributed by atoms with Crippen LogP contribution in [0.2, 0.25) is 0 Å². The Morgan fingerprint density at radius 3 is 2.80 bits per heavy atom. The third kappa shape index (κ3) is 2.86. The van der Waals surface area contributed by atoms with Crippen molar-refractivity contribution in [1.82, 2.24) is 4.90 Å². The van der Waals surface area contributed by atoms with Crippen LogP contribution in [0, 0.1) is 17.8 Å². The lowest BCUT2D eigenvalue weighted by Gasteiger charge is -2.40. The van der Waals surface area contributed by atoms with E-state index in [1.807, 2.05) is 13.0 Å². The number of phenols is 1. The SMILES string of the molecule is Cc1cc(=O)oc2c(CN3C[C@]4(C)C[C@H]3CC(C)(C)C4)c(O)ccc12. The van der Waals surface area contributed by atoms with Crippen LogP contribution in [0.4, 0.5) is 0 Å². The minimum absolute atomic E-state index is 0.215. The summed E-state index contributed by atoms with van der Waals surface area (Å²) < 4.78 is 5.50. The van der Waals surface area contributed by atoms with Crippen molar-refractivity contribution in [2.75, 3.05) is 6.54 Å². The number of benzene rings is 1. The molecule has 2 aromatic rings. The first kappa shape index (κ1) is 16.6. The van der Waals surface area contributed by atoms with E-state index in [2.05, 4.69) is 25.7 Å². The van der Waals surface area contributed by atoms with Crippen LogP contribution in [0.1, 0.15) is 51.2 Å². The first-order valence-electron chi connectivity index (χ1n) is 9.15. The molecular weight excluding hydrogens is 314 g/mol. The van der Waals surface area contributed by atoms with Gasteiger partial charge in [0.25, 0.3) is 0 Å². The molecule has 1 aromatic heterocycles. The average molecular weight is 341 g/mol. The van der Waals surface area contributed by atoms with Gasteiger partial charge in [-0.25, -0.2) is 4.79 Å². The van der Waals surface area contributed by atoms with Gasteiger partial charge in [-0.3, -0.25) is 4.90 Å². The maximum absolute atomic E-state index is 11.9. The number of fused-ring (bicyclic) bond motifs is 3. The summed E-state index contributed by atoms with van der Waals surface area (Å²) in [7, 11) is 0. The van der Waals surface area contributed by atoms with Crippen LogP contribution in [-0.4, -0.2) is 22.6 Å². The Bertz CT molecular complexity index is 898. The minimum Gasteiger partial charge on any atom is -0.507 e. The molecule has 2 aliphatic rings. The van der Waals surface area contributed by atoms with Crippen molar-refractivity contribution in [1.29, 1.82) is 0 Å². The number of aromatic hydroxyl groups is 1. The van der Waals surface area contributed by atoms with Crippen LogP contribution in [0.3, 0.4) is 0 Å². The van der Waals surface area contributed by atoms with Crippen LogP contribution in [0.5, 0.6) is 5.75 Å². The molecule has 1 saturated heterocycles. The normalized spacial score (nSPS) is 28.6. The van der Waals surface area contributed by atoms with Gasteiger partial charge in [-0.2, -0.15) is 0 Å². The highest BCUT2D eigenvalue weighted by molar-refractivity contribution is 5.84. The van der Waals surface area contributed by atoms with Gasteiger partial charge in [0.2, 0.25) is 0 Å². The number of hydrogen-bond acceptors (Lipinski definition) is 4. The second-order valence-electron chi connectivity index (χ2n) is 9.31. The molecule has 1 N–H and O–H groups in total. The zero-order valence-electron chi connectivity index (χ0n) is 15.6. The lowest BCUT2D eigenvalue weighted by atomic mass is 9.65. The lowest BCUT2D eigenvalue weighted by molar-refractivity contribution is 0.126. The predicted octanol–water partition coefficient (Wildman–Crippen LogP) is 4.21. The third-order valence-electron chi connectivity index (χ3n) is 6.08. The van der Waals surface area contributed by atoms with E-state index in [4.69, 9.17) is 4.42 Å². The first-order chi connectivity index (χ1) is 11.7. The summed E-state index contributed by atoms with van der Waals surface area (Å²) in [5, 5.41) is 11.4. The molecule has 4 rings (SSSR count). The Balaban J connectivity index is 1.75. The minimum atomic E-state index is -0.356. The van der Waals surface area contributed by atoms with Gasteiger partial charge in [0, 0.05) is 30.6 Å². The Labute approximate surface area is 148 Å². The third-order valence-corrected chi connectivity index (χ3v) is 6.08. The highest BCUT2D eigenvalue weighted by atomic mass is 16.4. The van der Waals surface area contributed by atoms with Crippen LogP contribution < -0.4 is 5.63 Å². The van der Waals surface area contributed by atoms with Crippen molar-refractivity contribution < 1.29 is 9.52 Å². The molecule has 25 heavy (non-hydrogen) atoms. The van der Waals surface area contributed by atoms with Gasteiger partial charge in [-0.05, 0) is 54.7 Å². The van der Waals surface area contributed by atoms with Crippen molar-refractivity contribution in [3.63, 3.8) is 0 Å². The topological polar surface area (TPSA) is 53.7 Å². The number of likely N-dealkylation sites (tertiary alicyclic amines) is 1. The van der Waals surface area contributed by atoms with E-state index < -0.39 is 0 Å². The molecular formula is C21H27NO3. The highest BCUT2D eigenvalue weighted by Crippen LogP contribution is 2.53. The number of aryl methyl sites for hydroxylation is 1. The molecule has 0 radical (unpaired) electrons. The quantitative estimate of drug-likeness (QED) is 0.832. The summed E-state index contributed by atoms with van der Waals surface area (Å²) in [5.41, 5.74) is 2.51. The molecule has 1 aliphatic heterocycles. The number of rotatable bonds is 2. The molecule has 0 amide bonds. The largest absolute Gasteiger partial charge is 0.507 e. The standard InChI is InChI=1S/C21H27NO3/c1-13-7-18(24)25-19-15(13)5-6-17(23)16(19)10-22-12-21(4)9-14(22)8-20(2,3)11-21/h5-7,14,23H,8-12H2,1-4H3/t14-,21-/m1/s1. The molecule has 2 atom stereocenters. The van der Waals surface area contributed by atoms with E-state index in [1.165, 1.54) is 25.3 Å². The number of hydrogen-bond donors (Lipinski definition) is 1. The average Bonchev–Trinajstić information content (AvgIpc) is 2.70. The van der Waals surface area contributed by atoms with Crippen molar-refractivity contribution in [3.8, 4) is 5.75 Å². The summed E-state index contributed by atoms with van der Waals surface area (Å²) >= 11 is 0. The van der Waals surface area contributed by atoms with E-state index in [0.29, 0.717) is 29.0 Å². The summed E-state index contributed by atoms with van der Waals surface area (Å²) in [4.78, 5) is 14.3. The molecule has 2 fully saturated rings. The molecule has 4 nitrogen and oxygen atoms in total. The van der Waals surface area contributed by atoms with E-state index in [9.17, 15) is 9.90 Å². The molecule has 1 saturated carbocycles. The second kappa shape index (κ2) is 5.34. The van der Waals surface area contributed by atoms with Gasteiger partial charge in [0.15, 0.2) is 0 Å². The molecule has 1 aliphatic carbocycles. The van der Waals surface area contributed by atoms with Crippen molar-refractivity contribution >= 4 is 11.0 Å². The zero-order chi connectivity index (χ0) is 18.0. The predicted molar refractivity (Wildman–Crippen MR) is 98.8 cm³/mol. The summed E-state index contributed by atoms with van der Waals surface area (Å²) in [6.07, 6.45) is 3.63. The van der Waals surface area contributed by atoms with E-state index in [-0.39, 0.29) is 11.4 Å². The Hall–Kier alpha value is -1.81. The zero-order valence-corrected chi connectivity index (χ0v) is 15.6. The fourth-order valence-electron chi connectivity index (χ4n) is 5.55. The number of nitrogens with zero attached hydrogens (tertiary/aromatic N) is 1. The molecule has 1 aromatic carbocycles. The first-order valence-corrected chi connectivity index (χ1v) is 9.15. The lowest BCUT2D eigenvalue weighted by Crippen LogP contribution is -2.34. The van der Waals surface area contributed by atoms with Crippen molar-refractivity contribution in [3.05, 3.63) is 39.7 Å². The maximum atomic E-state index is 11.9. The Kier molecular flexibility index (Phi) is 3.56. The monoisotopic (exact) mass is 341 g/mol. The molecule has 2 heterocycles. The van der Waals surface area contributed by atoms with E-state index in [1.54, 1.807) is 6.07 Å². The molecule has 0 unspecified atom stereocenters. The van der Waals surface area contributed by atoms with Gasteiger partial charge in [-0.15, -0.1) is 0 Å². The summed E-state index contributed by atoms with van der Waals surface area (Å²) in [6, 6.07) is 5.59. The van der Waals surface area contributed by atoms with Crippen molar-refractivity contribution in [2.24, 2.45) is 10.8 Å². The maximum Gasteiger partial charge on any atom is 0.336 e. The highest BCUT2D eigenvalue weighted by Gasteiger charge is 2.49. The van der Waals surface area contributed by atoms with Gasteiger partial charge < -0.3 is 9.52 Å². The van der Waals surface area contributed by atoms with Gasteiger partial charge in [0.1, 0.15) is 11.3 Å². The van der Waals surface area contributed by atoms with E-state index >= 15 is 0 Å². The van der Waals surface area contributed by atoms with Crippen molar-refractivity contribution in [2.45, 2.75) is 59.5 Å². The molecule has 0 spiro atoms. The van der Waals surface area contributed by atoms with Gasteiger partial charge in [0.05, 0.1) is 5.56 Å². The Morgan fingerprint density at radius 2 is 2.04 bits per heavy atom. The van der Waals surface area contributed by atoms with Crippen LogP contribution >= 0.6 is 0 Å². The van der Waals surface area contributed by atoms with Crippen LogP contribution in [0.25, 0.3) is 11.0 Å². The summed E-state index contributed by atoms with van der Waals surface area (Å²) in [6.45, 7) is 10.7. The number of phenolic OH excluding ortho intramolecular Hbond substituents is 1. The van der Waals surface area contributed by atoms with Gasteiger partial charge in [-0.1, -0.05) is 20.8 Å². The van der Waals surface area contributed by atoms with Crippen LogP contribution in [-0.2, 0) is 6.54 Å². The second-order valence-corrected chi connectivity index (χ2v) is 9.31. The fraction of sp³-hybridized carbons (Fsp3) is 0.571.